The number of thiazole rings is 1. The summed E-state index contributed by atoms with van der Waals surface area (Å²) in [7, 11) is 0. The summed E-state index contributed by atoms with van der Waals surface area (Å²) in [6.45, 7) is -1.81. The molecule has 0 aromatic carbocycles. The van der Waals surface area contributed by atoms with Crippen molar-refractivity contribution in [1.82, 2.24) is 4.90 Å². The lowest BCUT2D eigenvalue weighted by atomic mass is 9.90. The fourth-order valence-corrected chi connectivity index (χ4v) is 2.95. The first kappa shape index (κ1) is 10.9. The number of aromatic amines is 1. The van der Waals surface area contributed by atoms with Gasteiger partial charge in [-0.2, -0.15) is 0 Å². The Morgan fingerprint density at radius 1 is 1.47 bits per heavy atom. The van der Waals surface area contributed by atoms with Gasteiger partial charge in [-0.15, -0.1) is 0 Å². The number of halogens is 3. The predicted octanol–water partition coefficient (Wildman–Crippen LogP) is 1.62. The maximum absolute atomic E-state index is 12.2. The van der Waals surface area contributed by atoms with Crippen molar-refractivity contribution in [3.05, 3.63) is 15.6 Å². The molecule has 0 aliphatic carbocycles. The molecule has 0 atom stereocenters. The zero-order valence-electron chi connectivity index (χ0n) is 8.40. The fraction of sp³-hybridized carbons (Fsp3) is 0.625. The van der Waals surface area contributed by atoms with Gasteiger partial charge in [0, 0.05) is 26.4 Å². The highest BCUT2D eigenvalue weighted by Gasteiger charge is 2.31. The number of H-pyrrole nitrogens is 1. The molecule has 0 saturated heterocycles. The van der Waals surface area contributed by atoms with E-state index in [1.54, 1.807) is 11.3 Å². The van der Waals surface area contributed by atoms with Crippen LogP contribution >= 0.6 is 11.3 Å². The number of rotatable bonds is 2. The molecular formula is C8H12BF3N2S. The topological polar surface area (TPSA) is 17.4 Å². The predicted molar refractivity (Wildman–Crippen MR) is 53.7 cm³/mol. The van der Waals surface area contributed by atoms with Crippen LogP contribution in [-0.2, 0) is 13.0 Å². The molecule has 1 aliphatic heterocycles. The fourth-order valence-electron chi connectivity index (χ4n) is 1.88. The second kappa shape index (κ2) is 3.79. The molecular weight excluding hydrogens is 224 g/mol. The highest BCUT2D eigenvalue weighted by atomic mass is 32.1. The summed E-state index contributed by atoms with van der Waals surface area (Å²) in [6, 6.07) is 0. The number of fused-ring (bicyclic) bond motifs is 1. The zero-order valence-corrected chi connectivity index (χ0v) is 9.21. The molecule has 0 bridgehead atoms. The summed E-state index contributed by atoms with van der Waals surface area (Å²) in [5.74, 6) is 0. The Bertz CT molecular complexity index is 363. The van der Waals surface area contributed by atoms with Crippen molar-refractivity contribution >= 4 is 18.3 Å². The Morgan fingerprint density at radius 3 is 2.87 bits per heavy atom. The van der Waals surface area contributed by atoms with Crippen molar-refractivity contribution in [2.24, 2.45) is 0 Å². The van der Waals surface area contributed by atoms with E-state index in [1.165, 1.54) is 4.90 Å². The van der Waals surface area contributed by atoms with Crippen LogP contribution in [-0.4, -0.2) is 24.9 Å². The van der Waals surface area contributed by atoms with Gasteiger partial charge in [0.25, 0.3) is 0 Å². The molecule has 0 unspecified atom stereocenters. The Labute approximate surface area is 90.2 Å². The van der Waals surface area contributed by atoms with E-state index in [-0.39, 0.29) is 0 Å². The van der Waals surface area contributed by atoms with E-state index in [0.717, 1.165) is 15.6 Å². The number of aromatic nitrogens is 1. The lowest BCUT2D eigenvalue weighted by Crippen LogP contribution is -2.41. The lowest BCUT2D eigenvalue weighted by Gasteiger charge is -2.29. The van der Waals surface area contributed by atoms with E-state index in [4.69, 9.17) is 0 Å². The van der Waals surface area contributed by atoms with Crippen LogP contribution in [0.25, 0.3) is 0 Å². The number of hydrogen-bond acceptors (Lipinski definition) is 2. The lowest BCUT2D eigenvalue weighted by molar-refractivity contribution is -0.393. The molecule has 2 heterocycles. The van der Waals surface area contributed by atoms with Gasteiger partial charge in [-0.25, -0.2) is 4.98 Å². The van der Waals surface area contributed by atoms with Gasteiger partial charge in [0.05, 0.1) is 4.88 Å². The third-order valence-electron chi connectivity index (χ3n) is 2.45. The summed E-state index contributed by atoms with van der Waals surface area (Å²) < 4.78 is 36.7. The molecule has 84 valence electrons. The van der Waals surface area contributed by atoms with E-state index < -0.39 is 13.4 Å². The van der Waals surface area contributed by atoms with Crippen molar-refractivity contribution in [1.29, 1.82) is 0 Å². The van der Waals surface area contributed by atoms with Crippen LogP contribution in [0.2, 0.25) is 0 Å². The minimum Gasteiger partial charge on any atom is -0.448 e. The molecule has 15 heavy (non-hydrogen) atoms. The van der Waals surface area contributed by atoms with Crippen LogP contribution in [0.3, 0.4) is 0 Å². The van der Waals surface area contributed by atoms with E-state index >= 15 is 0 Å². The van der Waals surface area contributed by atoms with Crippen molar-refractivity contribution in [3.63, 3.8) is 0 Å². The van der Waals surface area contributed by atoms with Crippen LogP contribution in [0.1, 0.15) is 15.6 Å². The number of nitrogens with one attached hydrogen (secondary N) is 1. The average molecular weight is 236 g/mol. The van der Waals surface area contributed by atoms with Crippen molar-refractivity contribution in [2.75, 3.05) is 13.0 Å². The van der Waals surface area contributed by atoms with Crippen molar-refractivity contribution < 1.29 is 17.9 Å². The van der Waals surface area contributed by atoms with Crippen LogP contribution < -0.4 is 4.98 Å². The molecule has 7 heteroatoms. The smallest absolute Gasteiger partial charge is 0.448 e. The van der Waals surface area contributed by atoms with Gasteiger partial charge >= 0.3 is 6.98 Å². The van der Waals surface area contributed by atoms with E-state index in [9.17, 15) is 12.9 Å². The van der Waals surface area contributed by atoms with Crippen molar-refractivity contribution in [3.8, 4) is 0 Å². The molecule has 0 spiro atoms. The number of nitrogens with zero attached hydrogens (tertiary/aromatic N) is 1. The first-order valence-corrected chi connectivity index (χ1v) is 5.69. The highest BCUT2D eigenvalue weighted by Crippen LogP contribution is 2.23. The molecule has 1 aromatic rings. The first-order chi connectivity index (χ1) is 6.94. The molecule has 1 aromatic heterocycles. The Balaban J connectivity index is 2.05. The maximum atomic E-state index is 12.2. The summed E-state index contributed by atoms with van der Waals surface area (Å²) in [6.07, 6.45) is -0.0395. The number of aryl methyl sites for hydroxylation is 1. The van der Waals surface area contributed by atoms with E-state index in [2.05, 4.69) is 4.98 Å². The van der Waals surface area contributed by atoms with Gasteiger partial charge in [0.1, 0.15) is 0 Å². The molecule has 1 aliphatic rings. The Kier molecular flexibility index (Phi) is 2.76. The largest absolute Gasteiger partial charge is 0.492 e. The van der Waals surface area contributed by atoms with Crippen LogP contribution in [0.4, 0.5) is 12.9 Å². The van der Waals surface area contributed by atoms with E-state index in [0.29, 0.717) is 19.5 Å². The molecule has 0 saturated carbocycles. The number of hydrogen-bond donors (Lipinski definition) is 0. The summed E-state index contributed by atoms with van der Waals surface area (Å²) in [5.41, 5.74) is 1.11. The molecule has 2 nitrogen and oxygen atoms in total. The summed E-state index contributed by atoms with van der Waals surface area (Å²) in [4.78, 5) is 5.73. The monoisotopic (exact) mass is 236 g/mol. The van der Waals surface area contributed by atoms with Gasteiger partial charge in [0.15, 0.2) is 5.69 Å². The SMILES string of the molecule is Cc1[nH+]c2c(s1)CN(C[B-](F)(F)F)CC2. The van der Waals surface area contributed by atoms with Gasteiger partial charge in [-0.1, -0.05) is 11.3 Å². The van der Waals surface area contributed by atoms with Crippen molar-refractivity contribution in [2.45, 2.75) is 19.9 Å². The van der Waals surface area contributed by atoms with Crippen LogP contribution in [0.15, 0.2) is 0 Å². The van der Waals surface area contributed by atoms with Crippen LogP contribution in [0, 0.1) is 6.92 Å². The molecule has 1 N–H and O–H groups in total. The normalized spacial score (nSPS) is 17.9. The summed E-state index contributed by atoms with van der Waals surface area (Å²) >= 11 is 1.56. The van der Waals surface area contributed by atoms with Gasteiger partial charge in [-0.05, 0) is 6.44 Å². The summed E-state index contributed by atoms with van der Waals surface area (Å²) in [5, 5.41) is 1.07. The van der Waals surface area contributed by atoms with Gasteiger partial charge in [-0.3, -0.25) is 0 Å². The van der Waals surface area contributed by atoms with Gasteiger partial charge in [0.2, 0.25) is 5.01 Å². The molecule has 0 amide bonds. The maximum Gasteiger partial charge on any atom is 0.492 e. The van der Waals surface area contributed by atoms with Crippen LogP contribution in [0.5, 0.6) is 0 Å². The second-order valence-electron chi connectivity index (χ2n) is 3.88. The second-order valence-corrected chi connectivity index (χ2v) is 5.19. The first-order valence-electron chi connectivity index (χ1n) is 4.88. The molecule has 0 fully saturated rings. The minimum atomic E-state index is -4.70. The average Bonchev–Trinajstić information content (AvgIpc) is 2.40. The Morgan fingerprint density at radius 2 is 2.20 bits per heavy atom. The molecule has 2 rings (SSSR count). The highest BCUT2D eigenvalue weighted by molar-refractivity contribution is 7.11. The quantitative estimate of drug-likeness (QED) is 0.713. The minimum absolute atomic E-state index is 0.436. The Hall–Kier alpha value is -0.555. The van der Waals surface area contributed by atoms with Gasteiger partial charge < -0.3 is 17.8 Å². The third-order valence-corrected chi connectivity index (χ3v) is 3.48. The molecule has 0 radical (unpaired) electrons. The third kappa shape index (κ3) is 2.72. The van der Waals surface area contributed by atoms with E-state index in [1.807, 2.05) is 6.92 Å². The zero-order chi connectivity index (χ0) is 11.1. The standard InChI is InChI=1S/C8H11BF3N2S/c1-6-13-7-2-3-14(4-8(7)15-6)5-9(10,11)12/h2-5H2,1H3/q-1/p+1.